The van der Waals surface area contributed by atoms with E-state index in [0.29, 0.717) is 24.0 Å². The molecule has 4 nitrogen and oxygen atoms in total. The maximum absolute atomic E-state index is 6.22. The summed E-state index contributed by atoms with van der Waals surface area (Å²) in [4.78, 5) is 0. The minimum absolute atomic E-state index is 0.470. The van der Waals surface area contributed by atoms with Gasteiger partial charge in [-0.3, -0.25) is 0 Å². The zero-order valence-electron chi connectivity index (χ0n) is 16.0. The quantitative estimate of drug-likeness (QED) is 0.650. The molecule has 2 aliphatic heterocycles. The lowest BCUT2D eigenvalue weighted by atomic mass is 10.0. The Kier molecular flexibility index (Phi) is 4.91. The SMILES string of the molecule is Clc1ccccc1OCCOc1ccc2c3c1c1c(n3CCC2)CCNCC1. The van der Waals surface area contributed by atoms with Crippen molar-refractivity contribution >= 4 is 22.5 Å². The highest BCUT2D eigenvalue weighted by Crippen LogP contribution is 2.39. The standard InChI is InChI=1S/C23H25ClN2O2/c24-18-5-1-2-6-20(18)27-14-15-28-21-8-7-16-4-3-13-26-19-10-12-25-11-9-17(19)22(21)23(16)26/h1-2,5-8,25H,3-4,9-15H2. The fraction of sp³-hybridized carbons (Fsp3) is 0.391. The molecule has 0 fully saturated rings. The van der Waals surface area contributed by atoms with Crippen molar-refractivity contribution in [3.63, 3.8) is 0 Å². The lowest BCUT2D eigenvalue weighted by Crippen LogP contribution is -2.18. The number of ether oxygens (including phenoxy) is 2. The Morgan fingerprint density at radius 1 is 0.929 bits per heavy atom. The molecule has 0 bridgehead atoms. The summed E-state index contributed by atoms with van der Waals surface area (Å²) >= 11 is 6.16. The maximum Gasteiger partial charge on any atom is 0.138 e. The molecule has 1 N–H and O–H groups in total. The third-order valence-electron chi connectivity index (χ3n) is 5.82. The van der Waals surface area contributed by atoms with E-state index < -0.39 is 0 Å². The van der Waals surface area contributed by atoms with Crippen LogP contribution >= 0.6 is 11.6 Å². The Bertz CT molecular complexity index is 1010. The van der Waals surface area contributed by atoms with Crippen molar-refractivity contribution in [2.24, 2.45) is 0 Å². The molecule has 5 heteroatoms. The minimum atomic E-state index is 0.470. The Morgan fingerprint density at radius 3 is 2.64 bits per heavy atom. The zero-order chi connectivity index (χ0) is 18.9. The minimum Gasteiger partial charge on any atom is -0.489 e. The summed E-state index contributed by atoms with van der Waals surface area (Å²) in [5, 5.41) is 5.50. The average molecular weight is 397 g/mol. The van der Waals surface area contributed by atoms with Gasteiger partial charge < -0.3 is 19.4 Å². The second-order valence-electron chi connectivity index (χ2n) is 7.50. The third-order valence-corrected chi connectivity index (χ3v) is 6.13. The van der Waals surface area contributed by atoms with Gasteiger partial charge in [0.15, 0.2) is 0 Å². The maximum atomic E-state index is 6.22. The first-order valence-electron chi connectivity index (χ1n) is 10.2. The number of halogens is 1. The fourth-order valence-electron chi connectivity index (χ4n) is 4.62. The van der Waals surface area contributed by atoms with Crippen LogP contribution in [0, 0.1) is 0 Å². The highest BCUT2D eigenvalue weighted by molar-refractivity contribution is 6.32. The Labute approximate surface area is 170 Å². The largest absolute Gasteiger partial charge is 0.489 e. The van der Waals surface area contributed by atoms with Crippen LogP contribution in [-0.2, 0) is 25.8 Å². The van der Waals surface area contributed by atoms with Crippen LogP contribution in [0.15, 0.2) is 36.4 Å². The molecule has 0 atom stereocenters. The Hall–Kier alpha value is -2.17. The number of hydrogen-bond acceptors (Lipinski definition) is 3. The van der Waals surface area contributed by atoms with Crippen LogP contribution in [0.3, 0.4) is 0 Å². The third kappa shape index (κ3) is 3.15. The first kappa shape index (κ1) is 17.9. The Balaban J connectivity index is 1.42. The molecule has 5 rings (SSSR count). The first-order chi connectivity index (χ1) is 13.8. The van der Waals surface area contributed by atoms with Crippen LogP contribution in [0.4, 0.5) is 0 Å². The van der Waals surface area contributed by atoms with Crippen LogP contribution < -0.4 is 14.8 Å². The lowest BCUT2D eigenvalue weighted by Gasteiger charge is -2.19. The molecule has 1 aromatic heterocycles. The molecule has 0 spiro atoms. The van der Waals surface area contributed by atoms with E-state index in [9.17, 15) is 0 Å². The fourth-order valence-corrected chi connectivity index (χ4v) is 4.81. The van der Waals surface area contributed by atoms with Crippen molar-refractivity contribution in [3.05, 3.63) is 58.2 Å². The second-order valence-corrected chi connectivity index (χ2v) is 7.91. The van der Waals surface area contributed by atoms with Gasteiger partial charge in [-0.25, -0.2) is 0 Å². The smallest absolute Gasteiger partial charge is 0.138 e. The van der Waals surface area contributed by atoms with Crippen molar-refractivity contribution in [2.75, 3.05) is 26.3 Å². The molecular weight excluding hydrogens is 372 g/mol. The molecule has 0 saturated heterocycles. The highest BCUT2D eigenvalue weighted by atomic mass is 35.5. The summed E-state index contributed by atoms with van der Waals surface area (Å²) < 4.78 is 14.6. The van der Waals surface area contributed by atoms with E-state index in [2.05, 4.69) is 22.0 Å². The number of benzene rings is 2. The van der Waals surface area contributed by atoms with Gasteiger partial charge in [0.2, 0.25) is 0 Å². The van der Waals surface area contributed by atoms with E-state index in [1.165, 1.54) is 34.1 Å². The zero-order valence-corrected chi connectivity index (χ0v) is 16.7. The Morgan fingerprint density at radius 2 is 1.75 bits per heavy atom. The number of aryl methyl sites for hydroxylation is 2. The summed E-state index contributed by atoms with van der Waals surface area (Å²) in [6.07, 6.45) is 4.54. The van der Waals surface area contributed by atoms with Gasteiger partial charge in [0.1, 0.15) is 24.7 Å². The van der Waals surface area contributed by atoms with E-state index in [1.807, 2.05) is 24.3 Å². The number of para-hydroxylation sites is 1. The van der Waals surface area contributed by atoms with Gasteiger partial charge in [0, 0.05) is 30.6 Å². The van der Waals surface area contributed by atoms with Crippen LogP contribution in [-0.4, -0.2) is 30.9 Å². The summed E-state index contributed by atoms with van der Waals surface area (Å²) in [5.74, 6) is 1.69. The molecule has 0 saturated carbocycles. The van der Waals surface area contributed by atoms with Gasteiger partial charge in [-0.05, 0) is 55.1 Å². The van der Waals surface area contributed by atoms with Gasteiger partial charge in [0.05, 0.1) is 10.5 Å². The molecule has 0 unspecified atom stereocenters. The summed E-state index contributed by atoms with van der Waals surface area (Å²) in [6.45, 7) is 4.18. The number of fused-ring (bicyclic) bond motifs is 3. The lowest BCUT2D eigenvalue weighted by molar-refractivity contribution is 0.219. The van der Waals surface area contributed by atoms with Gasteiger partial charge in [-0.1, -0.05) is 29.8 Å². The van der Waals surface area contributed by atoms with Crippen LogP contribution in [0.1, 0.15) is 23.2 Å². The van der Waals surface area contributed by atoms with Gasteiger partial charge in [-0.2, -0.15) is 0 Å². The normalized spacial score (nSPS) is 15.9. The van der Waals surface area contributed by atoms with E-state index >= 15 is 0 Å². The van der Waals surface area contributed by atoms with Crippen molar-refractivity contribution in [1.82, 2.24) is 9.88 Å². The summed E-state index contributed by atoms with van der Waals surface area (Å²) in [5.41, 5.74) is 5.85. The van der Waals surface area contributed by atoms with Crippen molar-refractivity contribution < 1.29 is 9.47 Å². The van der Waals surface area contributed by atoms with E-state index in [4.69, 9.17) is 21.1 Å². The van der Waals surface area contributed by atoms with E-state index in [1.54, 1.807) is 0 Å². The number of nitrogens with zero attached hydrogens (tertiary/aromatic N) is 1. The summed E-state index contributed by atoms with van der Waals surface area (Å²) in [6, 6.07) is 12.0. The van der Waals surface area contributed by atoms with Gasteiger partial charge in [-0.15, -0.1) is 0 Å². The highest BCUT2D eigenvalue weighted by Gasteiger charge is 2.25. The van der Waals surface area contributed by atoms with E-state index in [0.717, 1.165) is 44.6 Å². The summed E-state index contributed by atoms with van der Waals surface area (Å²) in [7, 11) is 0. The average Bonchev–Trinajstić information content (AvgIpc) is 2.88. The monoisotopic (exact) mass is 396 g/mol. The van der Waals surface area contributed by atoms with E-state index in [-0.39, 0.29) is 0 Å². The van der Waals surface area contributed by atoms with Crippen LogP contribution in [0.25, 0.3) is 10.9 Å². The molecule has 2 aliphatic rings. The van der Waals surface area contributed by atoms with Crippen molar-refractivity contribution in [1.29, 1.82) is 0 Å². The van der Waals surface area contributed by atoms with Crippen molar-refractivity contribution in [3.8, 4) is 11.5 Å². The number of hydrogen-bond donors (Lipinski definition) is 1. The van der Waals surface area contributed by atoms with Gasteiger partial charge in [0.25, 0.3) is 0 Å². The van der Waals surface area contributed by atoms with Gasteiger partial charge >= 0.3 is 0 Å². The second kappa shape index (κ2) is 7.69. The van der Waals surface area contributed by atoms with Crippen molar-refractivity contribution in [2.45, 2.75) is 32.2 Å². The number of aromatic nitrogens is 1. The molecule has 2 aromatic carbocycles. The first-order valence-corrected chi connectivity index (χ1v) is 10.6. The molecule has 0 radical (unpaired) electrons. The predicted molar refractivity (Wildman–Crippen MR) is 113 cm³/mol. The molecule has 0 aliphatic carbocycles. The predicted octanol–water partition coefficient (Wildman–Crippen LogP) is 4.39. The number of rotatable bonds is 5. The molecule has 28 heavy (non-hydrogen) atoms. The molecular formula is C23H25ClN2O2. The topological polar surface area (TPSA) is 35.4 Å². The van der Waals surface area contributed by atoms with Crippen LogP contribution in [0.2, 0.25) is 5.02 Å². The molecule has 146 valence electrons. The number of nitrogens with one attached hydrogen (secondary N) is 1. The molecule has 0 amide bonds. The molecule has 3 heterocycles. The van der Waals surface area contributed by atoms with Crippen LogP contribution in [0.5, 0.6) is 11.5 Å². The molecule has 3 aromatic rings.